The van der Waals surface area contributed by atoms with Gasteiger partial charge in [0, 0.05) is 23.7 Å². The molecule has 2 aromatic heterocycles. The number of aliphatic imine (C=N–C) groups is 1. The number of hydrogen-bond acceptors (Lipinski definition) is 7. The van der Waals surface area contributed by atoms with Crippen molar-refractivity contribution < 1.29 is 14.3 Å². The predicted molar refractivity (Wildman–Crippen MR) is 124 cm³/mol. The lowest BCUT2D eigenvalue weighted by atomic mass is 10.0. The summed E-state index contributed by atoms with van der Waals surface area (Å²) in [5, 5.41) is 11.9. The summed E-state index contributed by atoms with van der Waals surface area (Å²) in [5.41, 5.74) is 2.85. The van der Waals surface area contributed by atoms with Crippen LogP contribution < -0.4 is 4.74 Å². The fraction of sp³-hybridized carbons (Fsp3) is 0.120. The summed E-state index contributed by atoms with van der Waals surface area (Å²) >= 11 is 1.52. The quantitative estimate of drug-likeness (QED) is 0.353. The topological polar surface area (TPSA) is 84.6 Å². The Balaban J connectivity index is 1.82. The van der Waals surface area contributed by atoms with Crippen molar-refractivity contribution in [1.29, 1.82) is 5.26 Å². The zero-order valence-corrected chi connectivity index (χ0v) is 17.9. The van der Waals surface area contributed by atoms with Gasteiger partial charge in [0.15, 0.2) is 0 Å². The van der Waals surface area contributed by atoms with Gasteiger partial charge in [0.1, 0.15) is 18.2 Å². The number of rotatable bonds is 8. The van der Waals surface area contributed by atoms with E-state index in [0.717, 1.165) is 10.6 Å². The second-order valence-electron chi connectivity index (χ2n) is 6.82. The first-order valence-corrected chi connectivity index (χ1v) is 10.8. The summed E-state index contributed by atoms with van der Waals surface area (Å²) in [6.07, 6.45) is 4.62. The van der Waals surface area contributed by atoms with Gasteiger partial charge in [-0.2, -0.15) is 5.26 Å². The van der Waals surface area contributed by atoms with E-state index in [9.17, 15) is 10.1 Å². The second-order valence-corrected chi connectivity index (χ2v) is 7.76. The Bertz CT molecular complexity index is 1230. The molecule has 1 aliphatic rings. The third kappa shape index (κ3) is 4.51. The lowest BCUT2D eigenvalue weighted by molar-refractivity contribution is -0.151. The average Bonchev–Trinajstić information content (AvgIpc) is 3.55. The van der Waals surface area contributed by atoms with Gasteiger partial charge in [-0.1, -0.05) is 55.1 Å². The van der Waals surface area contributed by atoms with E-state index >= 15 is 0 Å². The molecule has 0 aliphatic carbocycles. The molecule has 4 rings (SSSR count). The number of esters is 1. The Labute approximate surface area is 189 Å². The summed E-state index contributed by atoms with van der Waals surface area (Å²) in [5.74, 6) is -0.530. The van der Waals surface area contributed by atoms with Crippen LogP contribution in [0.1, 0.15) is 29.2 Å². The van der Waals surface area contributed by atoms with E-state index in [0.29, 0.717) is 23.2 Å². The molecule has 158 valence electrons. The van der Waals surface area contributed by atoms with E-state index in [2.05, 4.69) is 22.6 Å². The summed E-state index contributed by atoms with van der Waals surface area (Å²) in [7, 11) is 0. The predicted octanol–water partition coefficient (Wildman–Crippen LogP) is 5.24. The number of thiophene rings is 1. The monoisotopic (exact) mass is 441 g/mol. The first-order valence-electron chi connectivity index (χ1n) is 9.91. The highest BCUT2D eigenvalue weighted by atomic mass is 32.1. The minimum Gasteiger partial charge on any atom is -0.458 e. The fourth-order valence-electron chi connectivity index (χ4n) is 3.24. The Morgan fingerprint density at radius 2 is 2.12 bits per heavy atom. The maximum Gasteiger partial charge on any atom is 0.352 e. The number of benzene rings is 1. The van der Waals surface area contributed by atoms with Crippen molar-refractivity contribution in [3.05, 3.63) is 95.5 Å². The van der Waals surface area contributed by atoms with Gasteiger partial charge in [0.2, 0.25) is 12.0 Å². The molecule has 1 atom stereocenters. The van der Waals surface area contributed by atoms with Crippen molar-refractivity contribution in [2.75, 3.05) is 6.61 Å². The molecule has 0 N–H and O–H groups in total. The zero-order valence-electron chi connectivity index (χ0n) is 17.1. The summed E-state index contributed by atoms with van der Waals surface area (Å²) in [6, 6.07) is 16.9. The normalized spacial score (nSPS) is 13.2. The van der Waals surface area contributed by atoms with E-state index in [1.54, 1.807) is 30.5 Å². The number of ether oxygens (including phenoxy) is 2. The number of aromatic nitrogens is 1. The highest BCUT2D eigenvalue weighted by Crippen LogP contribution is 2.33. The van der Waals surface area contributed by atoms with Gasteiger partial charge in [-0.3, -0.25) is 4.99 Å². The molecule has 1 aromatic carbocycles. The molecule has 6 nitrogen and oxygen atoms in total. The number of pyridine rings is 1. The summed E-state index contributed by atoms with van der Waals surface area (Å²) in [6.45, 7) is 3.63. The van der Waals surface area contributed by atoms with Crippen LogP contribution in [0.25, 0.3) is 10.6 Å². The number of nitrogens with zero attached hydrogens (tertiary/aromatic N) is 3. The van der Waals surface area contributed by atoms with Crippen molar-refractivity contribution in [1.82, 2.24) is 4.98 Å². The molecule has 3 aromatic rings. The Morgan fingerprint density at radius 3 is 2.78 bits per heavy atom. The molecule has 1 unspecified atom stereocenters. The van der Waals surface area contributed by atoms with Crippen LogP contribution in [-0.2, 0) is 9.53 Å². The molecule has 0 amide bonds. The zero-order chi connectivity index (χ0) is 22.3. The largest absolute Gasteiger partial charge is 0.458 e. The summed E-state index contributed by atoms with van der Waals surface area (Å²) < 4.78 is 11.4. The molecule has 0 saturated heterocycles. The number of nitriles is 1. The van der Waals surface area contributed by atoms with Crippen LogP contribution in [0, 0.1) is 11.3 Å². The van der Waals surface area contributed by atoms with Gasteiger partial charge in [0.25, 0.3) is 0 Å². The Morgan fingerprint density at radius 1 is 1.28 bits per heavy atom. The minimum absolute atomic E-state index is 0.0486. The van der Waals surface area contributed by atoms with Gasteiger partial charge < -0.3 is 9.47 Å². The molecule has 0 bridgehead atoms. The highest BCUT2D eigenvalue weighted by molar-refractivity contribution is 7.13. The lowest BCUT2D eigenvalue weighted by Crippen LogP contribution is -2.23. The average molecular weight is 442 g/mol. The SMILES string of the molecule is C=CCOC(=O)C(Oc1nc(-c2cccs2)cc(C2=NC=CC2)c1C#N)c1ccccc1. The van der Waals surface area contributed by atoms with E-state index < -0.39 is 12.1 Å². The van der Waals surface area contributed by atoms with E-state index in [1.165, 1.54) is 17.4 Å². The van der Waals surface area contributed by atoms with E-state index in [-0.39, 0.29) is 18.1 Å². The molecule has 1 aliphatic heterocycles. The standard InChI is InChI=1S/C25H19N3O3S/c1-2-13-30-25(29)23(17-8-4-3-5-9-17)31-24-19(16-26)18(20-10-6-12-27-20)15-21(28-24)22-11-7-14-32-22/h2-9,11-12,14-15,23H,1,10,13H2. The molecule has 3 heterocycles. The first-order chi connectivity index (χ1) is 15.7. The van der Waals surface area contributed by atoms with Gasteiger partial charge >= 0.3 is 5.97 Å². The maximum atomic E-state index is 12.8. The third-order valence-electron chi connectivity index (χ3n) is 4.72. The minimum atomic E-state index is -1.09. The number of carbonyl (C=O) groups excluding carboxylic acids is 1. The van der Waals surface area contributed by atoms with Crippen molar-refractivity contribution in [2.45, 2.75) is 12.5 Å². The van der Waals surface area contributed by atoms with Crippen molar-refractivity contribution in [3.63, 3.8) is 0 Å². The van der Waals surface area contributed by atoms with Crippen molar-refractivity contribution in [3.8, 4) is 22.5 Å². The lowest BCUT2D eigenvalue weighted by Gasteiger charge is -2.19. The molecule has 32 heavy (non-hydrogen) atoms. The molecule has 7 heteroatoms. The number of carbonyl (C=O) groups is 1. The number of allylic oxidation sites excluding steroid dienone is 1. The molecule has 0 saturated carbocycles. The van der Waals surface area contributed by atoms with Crippen LogP contribution >= 0.6 is 11.3 Å². The van der Waals surface area contributed by atoms with Crippen molar-refractivity contribution in [2.24, 2.45) is 4.99 Å². The Hall–Kier alpha value is -4.02. The van der Waals surface area contributed by atoms with Crippen LogP contribution in [-0.4, -0.2) is 23.3 Å². The fourth-order valence-corrected chi connectivity index (χ4v) is 3.93. The highest BCUT2D eigenvalue weighted by Gasteiger charge is 2.28. The smallest absolute Gasteiger partial charge is 0.352 e. The number of hydrogen-bond donors (Lipinski definition) is 0. The van der Waals surface area contributed by atoms with Gasteiger partial charge in [-0.05, 0) is 17.5 Å². The second kappa shape index (κ2) is 9.86. The van der Waals surface area contributed by atoms with Gasteiger partial charge in [0.05, 0.1) is 16.3 Å². The van der Waals surface area contributed by atoms with Crippen LogP contribution in [0.2, 0.25) is 0 Å². The summed E-state index contributed by atoms with van der Waals surface area (Å²) in [4.78, 5) is 22.7. The molecule has 0 radical (unpaired) electrons. The van der Waals surface area contributed by atoms with Crippen LogP contribution in [0.15, 0.2) is 83.8 Å². The van der Waals surface area contributed by atoms with Crippen molar-refractivity contribution >= 4 is 23.0 Å². The molecule has 0 spiro atoms. The molecular weight excluding hydrogens is 422 g/mol. The maximum absolute atomic E-state index is 12.8. The first kappa shape index (κ1) is 21.2. The van der Waals surface area contributed by atoms with Gasteiger partial charge in [-0.15, -0.1) is 11.3 Å². The van der Waals surface area contributed by atoms with Crippen LogP contribution in [0.5, 0.6) is 5.88 Å². The van der Waals surface area contributed by atoms with Crippen LogP contribution in [0.3, 0.4) is 0 Å². The van der Waals surface area contributed by atoms with E-state index in [4.69, 9.17) is 9.47 Å². The van der Waals surface area contributed by atoms with Gasteiger partial charge in [-0.25, -0.2) is 9.78 Å². The Kier molecular flexibility index (Phi) is 6.54. The third-order valence-corrected chi connectivity index (χ3v) is 5.61. The molecular formula is C25H19N3O3S. The van der Waals surface area contributed by atoms with Crippen LogP contribution in [0.4, 0.5) is 0 Å². The molecule has 0 fully saturated rings. The van der Waals surface area contributed by atoms with E-state index in [1.807, 2.05) is 35.7 Å².